The first kappa shape index (κ1) is 19.2. The Morgan fingerprint density at radius 3 is 2.80 bits per heavy atom. The van der Waals surface area contributed by atoms with E-state index in [4.69, 9.17) is 10.5 Å². The molecule has 2 rings (SSSR count). The Bertz CT molecular complexity index is 630. The van der Waals surface area contributed by atoms with Gasteiger partial charge in [0.25, 0.3) is 5.91 Å². The lowest BCUT2D eigenvalue weighted by Gasteiger charge is -2.35. The average molecular weight is 348 g/mol. The molecule has 138 valence electrons. The number of piperidine rings is 1. The van der Waals surface area contributed by atoms with Crippen LogP contribution in [0.25, 0.3) is 0 Å². The quantitative estimate of drug-likeness (QED) is 0.583. The van der Waals surface area contributed by atoms with Gasteiger partial charge in [0, 0.05) is 24.7 Å². The van der Waals surface area contributed by atoms with Crippen molar-refractivity contribution >= 4 is 17.4 Å². The number of nitrogens with zero attached hydrogens (tertiary/aromatic N) is 1. The summed E-state index contributed by atoms with van der Waals surface area (Å²) in [5, 5.41) is 9.52. The van der Waals surface area contributed by atoms with Gasteiger partial charge < -0.3 is 25.3 Å². The Hall–Kier alpha value is -2.08. The van der Waals surface area contributed by atoms with Gasteiger partial charge in [-0.25, -0.2) is 0 Å². The molecule has 1 aliphatic heterocycles. The van der Waals surface area contributed by atoms with E-state index in [1.165, 1.54) is 0 Å². The van der Waals surface area contributed by atoms with E-state index in [-0.39, 0.29) is 24.3 Å². The third-order valence-corrected chi connectivity index (χ3v) is 4.61. The van der Waals surface area contributed by atoms with Crippen LogP contribution in [0.1, 0.15) is 54.9 Å². The fourth-order valence-corrected chi connectivity index (χ4v) is 3.16. The highest BCUT2D eigenvalue weighted by Gasteiger charge is 2.28. The van der Waals surface area contributed by atoms with E-state index in [1.54, 1.807) is 24.0 Å². The lowest BCUT2D eigenvalue weighted by atomic mass is 10.00. The highest BCUT2D eigenvalue weighted by atomic mass is 16.5. The molecule has 3 N–H and O–H groups in total. The van der Waals surface area contributed by atoms with Crippen molar-refractivity contribution in [2.75, 3.05) is 25.5 Å². The van der Waals surface area contributed by atoms with Gasteiger partial charge in [0.15, 0.2) is 0 Å². The number of hydrogen-bond donors (Lipinski definition) is 2. The Morgan fingerprint density at radius 1 is 1.36 bits per heavy atom. The summed E-state index contributed by atoms with van der Waals surface area (Å²) in [6.45, 7) is 4.49. The molecule has 0 radical (unpaired) electrons. The number of benzene rings is 1. The molecule has 0 aromatic heterocycles. The molecular formula is C19H28N2O4. The number of amides is 1. The molecule has 1 atom stereocenters. The number of carbonyl (C=O) groups is 2. The number of likely N-dealkylation sites (tertiary alicyclic amines) is 1. The van der Waals surface area contributed by atoms with Gasteiger partial charge in [-0.3, -0.25) is 4.79 Å². The van der Waals surface area contributed by atoms with Gasteiger partial charge in [-0.15, -0.1) is 0 Å². The number of Topliss-reactive ketones (excluding diaryl/α,β-unsaturated/α-hetero) is 1. The summed E-state index contributed by atoms with van der Waals surface area (Å²) in [7, 11) is 0. The topological polar surface area (TPSA) is 92.9 Å². The van der Waals surface area contributed by atoms with Crippen molar-refractivity contribution in [2.24, 2.45) is 0 Å². The van der Waals surface area contributed by atoms with Crippen LogP contribution in [0.4, 0.5) is 5.69 Å². The monoisotopic (exact) mass is 348 g/mol. The molecule has 6 heteroatoms. The van der Waals surface area contributed by atoms with E-state index >= 15 is 0 Å². The maximum absolute atomic E-state index is 12.8. The molecule has 1 aromatic carbocycles. The third-order valence-electron chi connectivity index (χ3n) is 4.61. The van der Waals surface area contributed by atoms with Crippen molar-refractivity contribution in [3.05, 3.63) is 23.3 Å². The normalized spacial score (nSPS) is 17.4. The lowest BCUT2D eigenvalue weighted by molar-refractivity contribution is -0.117. The maximum Gasteiger partial charge on any atom is 0.256 e. The number of aryl methyl sites for hydroxylation is 1. The molecule has 0 spiro atoms. The third kappa shape index (κ3) is 4.95. The van der Waals surface area contributed by atoms with Crippen molar-refractivity contribution < 1.29 is 19.4 Å². The van der Waals surface area contributed by atoms with Gasteiger partial charge in [0.2, 0.25) is 0 Å². The van der Waals surface area contributed by atoms with E-state index < -0.39 is 0 Å². The predicted octanol–water partition coefficient (Wildman–Crippen LogP) is 2.31. The number of nitrogen functional groups attached to an aromatic ring is 1. The van der Waals surface area contributed by atoms with E-state index in [0.29, 0.717) is 43.0 Å². The Labute approximate surface area is 149 Å². The van der Waals surface area contributed by atoms with Gasteiger partial charge in [-0.2, -0.15) is 0 Å². The van der Waals surface area contributed by atoms with E-state index in [9.17, 15) is 14.7 Å². The molecule has 1 saturated heterocycles. The summed E-state index contributed by atoms with van der Waals surface area (Å²) in [4.78, 5) is 25.5. The smallest absolute Gasteiger partial charge is 0.256 e. The fourth-order valence-electron chi connectivity index (χ4n) is 3.16. The Balaban J connectivity index is 2.10. The largest absolute Gasteiger partial charge is 0.493 e. The molecule has 1 amide bonds. The maximum atomic E-state index is 12.8. The van der Waals surface area contributed by atoms with E-state index in [0.717, 1.165) is 24.8 Å². The van der Waals surface area contributed by atoms with Gasteiger partial charge in [0.1, 0.15) is 11.5 Å². The Morgan fingerprint density at radius 2 is 2.12 bits per heavy atom. The first-order valence-corrected chi connectivity index (χ1v) is 8.88. The molecule has 25 heavy (non-hydrogen) atoms. The minimum absolute atomic E-state index is 0.0258. The fraction of sp³-hybridized carbons (Fsp3) is 0.579. The number of nitrogens with two attached hydrogens (primary N) is 1. The first-order valence-electron chi connectivity index (χ1n) is 8.88. The number of hydrogen-bond acceptors (Lipinski definition) is 5. The molecule has 1 aromatic rings. The van der Waals surface area contributed by atoms with Crippen molar-refractivity contribution in [2.45, 2.75) is 52.0 Å². The SMILES string of the molecule is CC(=O)CCCOc1cc(N)c(C(=O)N2CCCC[C@H]2CO)cc1C. The van der Waals surface area contributed by atoms with Gasteiger partial charge in [-0.1, -0.05) is 0 Å². The van der Waals surface area contributed by atoms with Crippen LogP contribution in [-0.4, -0.2) is 47.5 Å². The summed E-state index contributed by atoms with van der Waals surface area (Å²) < 4.78 is 5.69. The summed E-state index contributed by atoms with van der Waals surface area (Å²) in [6.07, 6.45) is 3.93. The summed E-state index contributed by atoms with van der Waals surface area (Å²) in [5.74, 6) is 0.637. The number of ether oxygens (including phenoxy) is 1. The van der Waals surface area contributed by atoms with Crippen molar-refractivity contribution in [3.63, 3.8) is 0 Å². The number of aliphatic hydroxyl groups is 1. The molecule has 1 aliphatic rings. The standard InChI is InChI=1S/C19H28N2O4/c1-13-10-16(19(24)21-8-4-3-7-15(21)12-22)17(20)11-18(13)25-9-5-6-14(2)23/h10-11,15,22H,3-9,12,20H2,1-2H3/t15-/m0/s1. The lowest BCUT2D eigenvalue weighted by Crippen LogP contribution is -2.45. The second-order valence-corrected chi connectivity index (χ2v) is 6.69. The van der Waals surface area contributed by atoms with Crippen LogP contribution in [-0.2, 0) is 4.79 Å². The zero-order valence-electron chi connectivity index (χ0n) is 15.1. The minimum atomic E-state index is -0.137. The highest BCUT2D eigenvalue weighted by Crippen LogP contribution is 2.28. The highest BCUT2D eigenvalue weighted by molar-refractivity contribution is 6.00. The number of aliphatic hydroxyl groups excluding tert-OH is 1. The van der Waals surface area contributed by atoms with Crippen LogP contribution in [0, 0.1) is 6.92 Å². The first-order chi connectivity index (χ1) is 11.9. The summed E-state index contributed by atoms with van der Waals surface area (Å²) in [6, 6.07) is 3.29. The van der Waals surface area contributed by atoms with Crippen molar-refractivity contribution in [1.82, 2.24) is 4.90 Å². The number of rotatable bonds is 7. The van der Waals surface area contributed by atoms with Gasteiger partial charge >= 0.3 is 0 Å². The second-order valence-electron chi connectivity index (χ2n) is 6.69. The van der Waals surface area contributed by atoms with Crippen LogP contribution < -0.4 is 10.5 Å². The van der Waals surface area contributed by atoms with Crippen LogP contribution in [0.5, 0.6) is 5.75 Å². The van der Waals surface area contributed by atoms with Crippen LogP contribution >= 0.6 is 0 Å². The number of ketones is 1. The zero-order valence-corrected chi connectivity index (χ0v) is 15.1. The average Bonchev–Trinajstić information content (AvgIpc) is 2.60. The molecular weight excluding hydrogens is 320 g/mol. The summed E-state index contributed by atoms with van der Waals surface area (Å²) in [5.41, 5.74) is 7.75. The van der Waals surface area contributed by atoms with Crippen molar-refractivity contribution in [3.8, 4) is 5.75 Å². The van der Waals surface area contributed by atoms with E-state index in [2.05, 4.69) is 0 Å². The number of anilines is 1. The predicted molar refractivity (Wildman–Crippen MR) is 96.8 cm³/mol. The molecule has 1 heterocycles. The van der Waals surface area contributed by atoms with Crippen LogP contribution in [0.3, 0.4) is 0 Å². The summed E-state index contributed by atoms with van der Waals surface area (Å²) >= 11 is 0. The molecule has 0 saturated carbocycles. The Kier molecular flexibility index (Phi) is 6.82. The van der Waals surface area contributed by atoms with Crippen LogP contribution in [0.2, 0.25) is 0 Å². The van der Waals surface area contributed by atoms with Crippen molar-refractivity contribution in [1.29, 1.82) is 0 Å². The molecule has 1 fully saturated rings. The van der Waals surface area contributed by atoms with E-state index in [1.807, 2.05) is 6.92 Å². The molecule has 0 bridgehead atoms. The molecule has 0 aliphatic carbocycles. The number of carbonyl (C=O) groups excluding carboxylic acids is 2. The van der Waals surface area contributed by atoms with Crippen LogP contribution in [0.15, 0.2) is 12.1 Å². The van der Waals surface area contributed by atoms with Gasteiger partial charge in [-0.05, 0) is 51.2 Å². The van der Waals surface area contributed by atoms with Gasteiger partial charge in [0.05, 0.1) is 24.8 Å². The zero-order chi connectivity index (χ0) is 18.4. The molecule has 6 nitrogen and oxygen atoms in total. The minimum Gasteiger partial charge on any atom is -0.493 e. The second kappa shape index (κ2) is 8.85. The molecule has 0 unspecified atom stereocenters.